The minimum Gasteiger partial charge on any atom is -0.351 e. The van der Waals surface area contributed by atoms with Crippen molar-refractivity contribution in [3.8, 4) is 0 Å². The predicted molar refractivity (Wildman–Crippen MR) is 97.1 cm³/mol. The summed E-state index contributed by atoms with van der Waals surface area (Å²) in [6.07, 6.45) is 8.09. The molecule has 3 rings (SSSR count). The van der Waals surface area contributed by atoms with Crippen molar-refractivity contribution in [3.05, 3.63) is 47.8 Å². The van der Waals surface area contributed by atoms with E-state index in [9.17, 15) is 9.59 Å². The van der Waals surface area contributed by atoms with E-state index in [1.807, 2.05) is 34.7 Å². The quantitative estimate of drug-likeness (QED) is 0.857. The second-order valence-corrected chi connectivity index (χ2v) is 6.56. The van der Waals surface area contributed by atoms with Crippen molar-refractivity contribution in [1.82, 2.24) is 24.8 Å². The maximum Gasteiger partial charge on any atom is 0.243 e. The van der Waals surface area contributed by atoms with Gasteiger partial charge in [0, 0.05) is 38.5 Å². The minimum atomic E-state index is -0.0815. The molecule has 7 nitrogen and oxygen atoms in total. The summed E-state index contributed by atoms with van der Waals surface area (Å²) in [4.78, 5) is 34.5. The van der Waals surface area contributed by atoms with Crippen molar-refractivity contribution in [2.75, 3.05) is 6.54 Å². The van der Waals surface area contributed by atoms with Crippen LogP contribution in [-0.4, -0.2) is 37.8 Å². The maximum absolute atomic E-state index is 12.9. The molecule has 0 bridgehead atoms. The van der Waals surface area contributed by atoms with Gasteiger partial charge < -0.3 is 14.8 Å². The van der Waals surface area contributed by atoms with Gasteiger partial charge in [0.05, 0.1) is 18.3 Å². The average Bonchev–Trinajstić information content (AvgIpc) is 3.29. The molecular weight excluding hydrogens is 330 g/mol. The molecule has 0 radical (unpaired) electrons. The fraction of sp³-hybridized carbons (Fsp3) is 0.474. The fourth-order valence-corrected chi connectivity index (χ4v) is 3.46. The van der Waals surface area contributed by atoms with E-state index in [4.69, 9.17) is 0 Å². The number of rotatable bonds is 6. The Kier molecular flexibility index (Phi) is 5.65. The fourth-order valence-electron chi connectivity index (χ4n) is 3.46. The third-order valence-corrected chi connectivity index (χ3v) is 4.74. The van der Waals surface area contributed by atoms with Crippen molar-refractivity contribution in [1.29, 1.82) is 0 Å². The van der Waals surface area contributed by atoms with Crippen molar-refractivity contribution >= 4 is 11.8 Å². The Morgan fingerprint density at radius 1 is 1.31 bits per heavy atom. The van der Waals surface area contributed by atoms with Gasteiger partial charge in [0.25, 0.3) is 0 Å². The number of nitrogens with one attached hydrogen (secondary N) is 1. The molecule has 2 aromatic rings. The molecule has 1 aliphatic rings. The highest BCUT2D eigenvalue weighted by atomic mass is 16.2. The zero-order chi connectivity index (χ0) is 18.5. The van der Waals surface area contributed by atoms with Gasteiger partial charge in [0.1, 0.15) is 12.4 Å². The number of amides is 2. The van der Waals surface area contributed by atoms with Crippen LogP contribution in [0.25, 0.3) is 0 Å². The lowest BCUT2D eigenvalue weighted by Gasteiger charge is -2.26. The van der Waals surface area contributed by atoms with Crippen LogP contribution in [0, 0.1) is 0 Å². The van der Waals surface area contributed by atoms with Crippen LogP contribution in [0.15, 0.2) is 30.7 Å². The van der Waals surface area contributed by atoms with Crippen LogP contribution < -0.4 is 5.32 Å². The van der Waals surface area contributed by atoms with E-state index in [1.54, 1.807) is 12.4 Å². The molecule has 0 aliphatic carbocycles. The molecule has 7 heteroatoms. The highest BCUT2D eigenvalue weighted by molar-refractivity contribution is 5.77. The van der Waals surface area contributed by atoms with Crippen LogP contribution in [0.2, 0.25) is 0 Å². The average molecular weight is 355 g/mol. The number of nitrogens with zero attached hydrogens (tertiary/aromatic N) is 4. The Labute approximate surface area is 153 Å². The van der Waals surface area contributed by atoms with Gasteiger partial charge in [-0.3, -0.25) is 14.6 Å². The molecule has 3 heterocycles. The molecule has 1 atom stereocenters. The van der Waals surface area contributed by atoms with Crippen LogP contribution in [0.3, 0.4) is 0 Å². The lowest BCUT2D eigenvalue weighted by Crippen LogP contribution is -2.33. The van der Waals surface area contributed by atoms with Crippen LogP contribution in [0.1, 0.15) is 49.8 Å². The number of aromatic nitrogens is 3. The van der Waals surface area contributed by atoms with Gasteiger partial charge in [0.2, 0.25) is 11.8 Å². The van der Waals surface area contributed by atoms with E-state index in [1.165, 1.54) is 6.92 Å². The summed E-state index contributed by atoms with van der Waals surface area (Å²) in [6, 6.07) is 4.01. The van der Waals surface area contributed by atoms with Crippen molar-refractivity contribution < 1.29 is 9.59 Å². The highest BCUT2D eigenvalue weighted by Crippen LogP contribution is 2.32. The normalized spacial score (nSPS) is 16.7. The molecule has 0 aromatic carbocycles. The standard InChI is InChI=1S/C19H25N5O2/c1-3-18-21-8-10-23(18)13-19(26)24-9-4-5-17(24)15-6-7-20-16(11-15)12-22-14(2)25/h6-8,10-11,17H,3-5,9,12-13H2,1-2H3,(H,22,25)/t17-/m1/s1. The molecule has 26 heavy (non-hydrogen) atoms. The van der Waals surface area contributed by atoms with Gasteiger partial charge in [-0.25, -0.2) is 4.98 Å². The predicted octanol–water partition coefficient (Wildman–Crippen LogP) is 1.84. The summed E-state index contributed by atoms with van der Waals surface area (Å²) in [5.41, 5.74) is 1.88. The first-order valence-electron chi connectivity index (χ1n) is 9.07. The van der Waals surface area contributed by atoms with Gasteiger partial charge in [-0.2, -0.15) is 0 Å². The minimum absolute atomic E-state index is 0.0650. The molecule has 138 valence electrons. The first-order valence-corrected chi connectivity index (χ1v) is 9.07. The number of likely N-dealkylation sites (tertiary alicyclic amines) is 1. The van der Waals surface area contributed by atoms with Gasteiger partial charge in [-0.15, -0.1) is 0 Å². The summed E-state index contributed by atoms with van der Waals surface area (Å²) < 4.78 is 1.92. The van der Waals surface area contributed by atoms with E-state index < -0.39 is 0 Å². The monoisotopic (exact) mass is 355 g/mol. The van der Waals surface area contributed by atoms with Crippen LogP contribution in [0.4, 0.5) is 0 Å². The molecule has 1 aliphatic heterocycles. The number of imidazole rings is 1. The van der Waals surface area contributed by atoms with Crippen LogP contribution in [-0.2, 0) is 29.1 Å². The smallest absolute Gasteiger partial charge is 0.243 e. The zero-order valence-electron chi connectivity index (χ0n) is 15.3. The number of hydrogen-bond acceptors (Lipinski definition) is 4. The number of carbonyl (C=O) groups is 2. The lowest BCUT2D eigenvalue weighted by molar-refractivity contribution is -0.132. The Balaban J connectivity index is 1.72. The van der Waals surface area contributed by atoms with Gasteiger partial charge in [0.15, 0.2) is 0 Å². The number of carbonyl (C=O) groups excluding carboxylic acids is 2. The van der Waals surface area contributed by atoms with E-state index >= 15 is 0 Å². The zero-order valence-corrected chi connectivity index (χ0v) is 15.3. The molecule has 0 unspecified atom stereocenters. The molecule has 1 fully saturated rings. The van der Waals surface area contributed by atoms with Gasteiger partial charge >= 0.3 is 0 Å². The van der Waals surface area contributed by atoms with E-state index in [0.717, 1.165) is 42.9 Å². The summed E-state index contributed by atoms with van der Waals surface area (Å²) in [6.45, 7) is 5.02. The molecule has 2 aromatic heterocycles. The number of pyridine rings is 1. The summed E-state index contributed by atoms with van der Waals surface area (Å²) in [5, 5.41) is 2.76. The Morgan fingerprint density at radius 2 is 2.15 bits per heavy atom. The maximum atomic E-state index is 12.9. The molecule has 1 saturated heterocycles. The van der Waals surface area contributed by atoms with Crippen LogP contribution in [0.5, 0.6) is 0 Å². The summed E-state index contributed by atoms with van der Waals surface area (Å²) in [5.74, 6) is 0.956. The second-order valence-electron chi connectivity index (χ2n) is 6.56. The Hall–Kier alpha value is -2.70. The summed E-state index contributed by atoms with van der Waals surface area (Å²) in [7, 11) is 0. The molecule has 0 saturated carbocycles. The Morgan fingerprint density at radius 3 is 2.92 bits per heavy atom. The summed E-state index contributed by atoms with van der Waals surface area (Å²) >= 11 is 0. The van der Waals surface area contributed by atoms with E-state index in [0.29, 0.717) is 13.1 Å². The molecular formula is C19H25N5O2. The third-order valence-electron chi connectivity index (χ3n) is 4.74. The molecule has 0 spiro atoms. The second kappa shape index (κ2) is 8.12. The number of hydrogen-bond donors (Lipinski definition) is 1. The van der Waals surface area contributed by atoms with E-state index in [-0.39, 0.29) is 17.9 Å². The topological polar surface area (TPSA) is 80.1 Å². The van der Waals surface area contributed by atoms with Crippen molar-refractivity contribution in [2.45, 2.75) is 52.2 Å². The van der Waals surface area contributed by atoms with Crippen molar-refractivity contribution in [3.63, 3.8) is 0 Å². The SMILES string of the molecule is CCc1nccn1CC(=O)N1CCC[C@@H]1c1ccnc(CNC(C)=O)c1. The highest BCUT2D eigenvalue weighted by Gasteiger charge is 2.30. The Bertz CT molecular complexity index is 786. The van der Waals surface area contributed by atoms with E-state index in [2.05, 4.69) is 15.3 Å². The third kappa shape index (κ3) is 4.09. The van der Waals surface area contributed by atoms with Gasteiger partial charge in [-0.1, -0.05) is 6.92 Å². The van der Waals surface area contributed by atoms with Crippen molar-refractivity contribution in [2.24, 2.45) is 0 Å². The van der Waals surface area contributed by atoms with Crippen LogP contribution >= 0.6 is 0 Å². The first-order chi connectivity index (χ1) is 12.6. The number of aryl methyl sites for hydroxylation is 1. The molecule has 2 amide bonds. The lowest BCUT2D eigenvalue weighted by atomic mass is 10.0. The molecule has 1 N–H and O–H groups in total. The first kappa shape index (κ1) is 18.1. The largest absolute Gasteiger partial charge is 0.351 e. The van der Waals surface area contributed by atoms with Gasteiger partial charge in [-0.05, 0) is 30.5 Å².